The summed E-state index contributed by atoms with van der Waals surface area (Å²) in [5.74, 6) is 0. The SMILES string of the molecule is NC(=S)CCCCN1CCCCCC1. The van der Waals surface area contributed by atoms with E-state index in [1.165, 1.54) is 51.7 Å². The molecule has 1 rings (SSSR count). The molecule has 82 valence electrons. The molecule has 0 spiro atoms. The third-order valence-electron chi connectivity index (χ3n) is 2.85. The van der Waals surface area contributed by atoms with E-state index in [9.17, 15) is 0 Å². The summed E-state index contributed by atoms with van der Waals surface area (Å²) in [6.45, 7) is 3.84. The van der Waals surface area contributed by atoms with Gasteiger partial charge in [0.05, 0.1) is 4.99 Å². The maximum absolute atomic E-state index is 5.45. The van der Waals surface area contributed by atoms with Crippen molar-refractivity contribution in [3.8, 4) is 0 Å². The van der Waals surface area contributed by atoms with Crippen LogP contribution < -0.4 is 5.73 Å². The van der Waals surface area contributed by atoms with Crippen LogP contribution in [0.1, 0.15) is 44.9 Å². The van der Waals surface area contributed by atoms with Gasteiger partial charge in [-0.3, -0.25) is 0 Å². The molecule has 0 aromatic carbocycles. The molecule has 0 saturated carbocycles. The Bertz CT molecular complexity index is 163. The van der Waals surface area contributed by atoms with Gasteiger partial charge in [0.15, 0.2) is 0 Å². The van der Waals surface area contributed by atoms with Gasteiger partial charge in [0, 0.05) is 0 Å². The lowest BCUT2D eigenvalue weighted by Crippen LogP contribution is -2.25. The van der Waals surface area contributed by atoms with Crippen molar-refractivity contribution in [2.24, 2.45) is 5.73 Å². The van der Waals surface area contributed by atoms with Crippen molar-refractivity contribution >= 4 is 17.2 Å². The second-order valence-corrected chi connectivity index (χ2v) is 4.70. The summed E-state index contributed by atoms with van der Waals surface area (Å²) in [6.07, 6.45) is 8.93. The van der Waals surface area contributed by atoms with Gasteiger partial charge in [0.2, 0.25) is 0 Å². The van der Waals surface area contributed by atoms with Gasteiger partial charge in [-0.25, -0.2) is 0 Å². The van der Waals surface area contributed by atoms with Crippen LogP contribution in [0.3, 0.4) is 0 Å². The fourth-order valence-electron chi connectivity index (χ4n) is 1.99. The molecule has 1 aliphatic heterocycles. The van der Waals surface area contributed by atoms with Crippen LogP contribution in [0.5, 0.6) is 0 Å². The molecule has 1 heterocycles. The largest absolute Gasteiger partial charge is 0.393 e. The van der Waals surface area contributed by atoms with Crippen molar-refractivity contribution in [1.82, 2.24) is 4.90 Å². The van der Waals surface area contributed by atoms with Gasteiger partial charge < -0.3 is 10.6 Å². The lowest BCUT2D eigenvalue weighted by Gasteiger charge is -2.19. The Morgan fingerprint density at radius 3 is 2.29 bits per heavy atom. The summed E-state index contributed by atoms with van der Waals surface area (Å²) in [7, 11) is 0. The second-order valence-electron chi connectivity index (χ2n) is 4.18. The summed E-state index contributed by atoms with van der Waals surface area (Å²) < 4.78 is 0. The van der Waals surface area contributed by atoms with E-state index in [-0.39, 0.29) is 0 Å². The lowest BCUT2D eigenvalue weighted by atomic mass is 10.2. The first-order chi connectivity index (χ1) is 6.79. The fourth-order valence-corrected chi connectivity index (χ4v) is 2.14. The number of hydrogen-bond donors (Lipinski definition) is 1. The Kier molecular flexibility index (Phi) is 6.12. The van der Waals surface area contributed by atoms with Gasteiger partial charge in [-0.05, 0) is 51.7 Å². The number of nitrogens with two attached hydrogens (primary N) is 1. The zero-order valence-electron chi connectivity index (χ0n) is 9.00. The first kappa shape index (κ1) is 11.9. The monoisotopic (exact) mass is 214 g/mol. The topological polar surface area (TPSA) is 29.3 Å². The summed E-state index contributed by atoms with van der Waals surface area (Å²) >= 11 is 4.85. The first-order valence-electron chi connectivity index (χ1n) is 5.80. The predicted molar refractivity (Wildman–Crippen MR) is 65.5 cm³/mol. The number of likely N-dealkylation sites (tertiary alicyclic amines) is 1. The number of thiocarbonyl (C=S) groups is 1. The molecule has 0 atom stereocenters. The molecule has 2 N–H and O–H groups in total. The standard InChI is InChI=1S/C11H22N2S/c12-11(14)7-3-6-10-13-8-4-1-2-5-9-13/h1-10H2,(H2,12,14). The minimum Gasteiger partial charge on any atom is -0.393 e. The van der Waals surface area contributed by atoms with Crippen LogP contribution in [0, 0.1) is 0 Å². The first-order valence-corrected chi connectivity index (χ1v) is 6.20. The van der Waals surface area contributed by atoms with Crippen LogP contribution in [0.25, 0.3) is 0 Å². The Morgan fingerprint density at radius 1 is 1.07 bits per heavy atom. The molecule has 1 aliphatic rings. The summed E-state index contributed by atoms with van der Waals surface area (Å²) in [5, 5.41) is 0. The molecule has 0 unspecified atom stereocenters. The van der Waals surface area contributed by atoms with Crippen LogP contribution >= 0.6 is 12.2 Å². The van der Waals surface area contributed by atoms with Crippen molar-refractivity contribution in [3.05, 3.63) is 0 Å². The van der Waals surface area contributed by atoms with Crippen molar-refractivity contribution < 1.29 is 0 Å². The number of nitrogens with zero attached hydrogens (tertiary/aromatic N) is 1. The predicted octanol–water partition coefficient (Wildman–Crippen LogP) is 2.32. The molecule has 1 fully saturated rings. The molecule has 0 aromatic heterocycles. The molecule has 14 heavy (non-hydrogen) atoms. The van der Waals surface area contributed by atoms with Gasteiger partial charge in [0.25, 0.3) is 0 Å². The van der Waals surface area contributed by atoms with Crippen LogP contribution in [-0.4, -0.2) is 29.5 Å². The Balaban J connectivity index is 2.01. The van der Waals surface area contributed by atoms with E-state index in [0.717, 1.165) is 12.8 Å². The molecule has 1 saturated heterocycles. The quantitative estimate of drug-likeness (QED) is 0.562. The Morgan fingerprint density at radius 2 is 1.71 bits per heavy atom. The van der Waals surface area contributed by atoms with E-state index in [1.54, 1.807) is 0 Å². The van der Waals surface area contributed by atoms with Gasteiger partial charge in [-0.2, -0.15) is 0 Å². The highest BCUT2D eigenvalue weighted by molar-refractivity contribution is 7.80. The molecule has 0 aliphatic carbocycles. The van der Waals surface area contributed by atoms with Gasteiger partial charge in [0.1, 0.15) is 0 Å². The minimum absolute atomic E-state index is 0.667. The number of unbranched alkanes of at least 4 members (excludes halogenated alkanes) is 1. The molecule has 2 nitrogen and oxygen atoms in total. The summed E-state index contributed by atoms with van der Waals surface area (Å²) in [4.78, 5) is 3.26. The van der Waals surface area contributed by atoms with E-state index in [4.69, 9.17) is 18.0 Å². The molecular formula is C11H22N2S. The normalized spacial score (nSPS) is 19.1. The number of hydrogen-bond acceptors (Lipinski definition) is 2. The molecule has 3 heteroatoms. The zero-order chi connectivity index (χ0) is 10.2. The molecule has 0 bridgehead atoms. The highest BCUT2D eigenvalue weighted by Gasteiger charge is 2.07. The smallest absolute Gasteiger partial charge is 0.0727 e. The van der Waals surface area contributed by atoms with Gasteiger partial charge in [-0.1, -0.05) is 25.1 Å². The van der Waals surface area contributed by atoms with Gasteiger partial charge >= 0.3 is 0 Å². The molecule has 0 amide bonds. The molecule has 0 aromatic rings. The average molecular weight is 214 g/mol. The van der Waals surface area contributed by atoms with Crippen molar-refractivity contribution in [1.29, 1.82) is 0 Å². The summed E-state index contributed by atoms with van der Waals surface area (Å²) in [6, 6.07) is 0. The van der Waals surface area contributed by atoms with Crippen LogP contribution in [0.2, 0.25) is 0 Å². The van der Waals surface area contributed by atoms with Crippen LogP contribution in [-0.2, 0) is 0 Å². The Hall–Kier alpha value is -0.150. The van der Waals surface area contributed by atoms with Crippen molar-refractivity contribution in [3.63, 3.8) is 0 Å². The van der Waals surface area contributed by atoms with Crippen molar-refractivity contribution in [2.75, 3.05) is 19.6 Å². The fraction of sp³-hybridized carbons (Fsp3) is 0.909. The van der Waals surface area contributed by atoms with Crippen molar-refractivity contribution in [2.45, 2.75) is 44.9 Å². The molecular weight excluding hydrogens is 192 g/mol. The van der Waals surface area contributed by atoms with Gasteiger partial charge in [-0.15, -0.1) is 0 Å². The minimum atomic E-state index is 0.667. The third-order valence-corrected chi connectivity index (χ3v) is 3.05. The molecule has 0 radical (unpaired) electrons. The lowest BCUT2D eigenvalue weighted by molar-refractivity contribution is 0.280. The van der Waals surface area contributed by atoms with Crippen LogP contribution in [0.15, 0.2) is 0 Å². The van der Waals surface area contributed by atoms with E-state index in [1.807, 2.05) is 0 Å². The van der Waals surface area contributed by atoms with E-state index >= 15 is 0 Å². The summed E-state index contributed by atoms with van der Waals surface area (Å²) in [5.41, 5.74) is 5.45. The average Bonchev–Trinajstić information content (AvgIpc) is 2.40. The maximum atomic E-state index is 5.45. The Labute approximate surface area is 92.8 Å². The highest BCUT2D eigenvalue weighted by atomic mass is 32.1. The third kappa shape index (κ3) is 5.55. The van der Waals surface area contributed by atoms with E-state index in [2.05, 4.69) is 4.90 Å². The van der Waals surface area contributed by atoms with E-state index in [0.29, 0.717) is 4.99 Å². The number of rotatable bonds is 5. The highest BCUT2D eigenvalue weighted by Crippen LogP contribution is 2.10. The zero-order valence-corrected chi connectivity index (χ0v) is 9.82. The second kappa shape index (κ2) is 7.18. The van der Waals surface area contributed by atoms with E-state index < -0.39 is 0 Å². The van der Waals surface area contributed by atoms with Crippen LogP contribution in [0.4, 0.5) is 0 Å². The maximum Gasteiger partial charge on any atom is 0.0727 e.